The summed E-state index contributed by atoms with van der Waals surface area (Å²) in [6, 6.07) is 14.8. The molecule has 4 nitrogen and oxygen atoms in total. The zero-order chi connectivity index (χ0) is 17.4. The first kappa shape index (κ1) is 18.5. The van der Waals surface area contributed by atoms with Gasteiger partial charge in [-0.05, 0) is 42.4 Å². The van der Waals surface area contributed by atoms with Gasteiger partial charge in [0.15, 0.2) is 11.7 Å². The van der Waals surface area contributed by atoms with Gasteiger partial charge >= 0.3 is 0 Å². The molecule has 24 heavy (non-hydrogen) atoms. The number of halogens is 2. The van der Waals surface area contributed by atoms with Crippen LogP contribution < -0.4 is 15.4 Å². The molecular weight excluding hydrogens is 367 g/mol. The van der Waals surface area contributed by atoms with Crippen LogP contribution in [0.25, 0.3) is 0 Å². The Labute approximate surface area is 156 Å². The molecule has 0 aliphatic carbocycles. The predicted octanol–water partition coefficient (Wildman–Crippen LogP) is 3.61. The van der Waals surface area contributed by atoms with Crippen LogP contribution in [0, 0.1) is 0 Å². The minimum Gasteiger partial charge on any atom is -0.482 e. The highest BCUT2D eigenvalue weighted by atomic mass is 35.5. The monoisotopic (exact) mass is 382 g/mol. The minimum atomic E-state index is -0.363. The fourth-order valence-electron chi connectivity index (χ4n) is 1.91. The number of ether oxygens (including phenoxy) is 1. The Morgan fingerprint density at radius 3 is 2.58 bits per heavy atom. The highest BCUT2D eigenvalue weighted by Gasteiger charge is 2.08. The van der Waals surface area contributed by atoms with Crippen LogP contribution in [0.3, 0.4) is 0 Å². The van der Waals surface area contributed by atoms with Crippen molar-refractivity contribution in [1.29, 1.82) is 0 Å². The van der Waals surface area contributed by atoms with Gasteiger partial charge in [0.2, 0.25) is 0 Å². The van der Waals surface area contributed by atoms with Crippen LogP contribution in [0.4, 0.5) is 0 Å². The molecule has 0 saturated carbocycles. The number of rotatable bonds is 6. The van der Waals surface area contributed by atoms with Gasteiger partial charge in [0, 0.05) is 11.6 Å². The maximum atomic E-state index is 11.8. The highest BCUT2D eigenvalue weighted by Crippen LogP contribution is 2.27. The standard InChI is InChI=1S/C17H16Cl2N2O2S/c18-13-6-7-15(14(19)10-13)23-11-16(22)21-17(24)20-9-8-12-4-2-1-3-5-12/h1-7,10H,8-9,11H2,(H2,20,21,22,24). The van der Waals surface area contributed by atoms with Crippen LogP contribution in [0.2, 0.25) is 10.0 Å². The summed E-state index contributed by atoms with van der Waals surface area (Å²) in [6.07, 6.45) is 0.813. The number of nitrogens with one attached hydrogen (secondary N) is 2. The quantitative estimate of drug-likeness (QED) is 0.749. The molecule has 0 saturated heterocycles. The summed E-state index contributed by atoms with van der Waals surface area (Å²) in [5, 5.41) is 6.65. The van der Waals surface area contributed by atoms with Gasteiger partial charge in [-0.3, -0.25) is 4.79 Å². The van der Waals surface area contributed by atoms with Crippen LogP contribution in [0.15, 0.2) is 48.5 Å². The second kappa shape index (κ2) is 9.47. The van der Waals surface area contributed by atoms with Gasteiger partial charge in [-0.25, -0.2) is 0 Å². The molecule has 126 valence electrons. The van der Waals surface area contributed by atoms with Crippen molar-refractivity contribution in [3.63, 3.8) is 0 Å². The van der Waals surface area contributed by atoms with Crippen molar-refractivity contribution < 1.29 is 9.53 Å². The first-order valence-electron chi connectivity index (χ1n) is 7.24. The number of carbonyl (C=O) groups excluding carboxylic acids is 1. The lowest BCUT2D eigenvalue weighted by Crippen LogP contribution is -2.42. The molecule has 0 radical (unpaired) electrons. The third-order valence-electron chi connectivity index (χ3n) is 3.05. The van der Waals surface area contributed by atoms with Crippen molar-refractivity contribution >= 4 is 46.4 Å². The van der Waals surface area contributed by atoms with Crippen molar-refractivity contribution in [2.75, 3.05) is 13.2 Å². The Kier molecular flexibility index (Phi) is 7.31. The summed E-state index contributed by atoms with van der Waals surface area (Å²) in [7, 11) is 0. The van der Waals surface area contributed by atoms with Crippen molar-refractivity contribution in [3.8, 4) is 5.75 Å². The van der Waals surface area contributed by atoms with E-state index in [2.05, 4.69) is 10.6 Å². The summed E-state index contributed by atoms with van der Waals surface area (Å²) in [4.78, 5) is 11.8. The van der Waals surface area contributed by atoms with E-state index in [1.165, 1.54) is 5.56 Å². The average molecular weight is 383 g/mol. The van der Waals surface area contributed by atoms with E-state index in [4.69, 9.17) is 40.2 Å². The fraction of sp³-hybridized carbons (Fsp3) is 0.176. The van der Waals surface area contributed by atoms with Gasteiger partial charge in [-0.2, -0.15) is 0 Å². The maximum absolute atomic E-state index is 11.8. The third kappa shape index (κ3) is 6.35. The van der Waals surface area contributed by atoms with Crippen LogP contribution in [-0.2, 0) is 11.2 Å². The Morgan fingerprint density at radius 1 is 1.12 bits per heavy atom. The topological polar surface area (TPSA) is 50.4 Å². The maximum Gasteiger partial charge on any atom is 0.264 e. The fourth-order valence-corrected chi connectivity index (χ4v) is 2.59. The van der Waals surface area contributed by atoms with E-state index in [1.54, 1.807) is 18.2 Å². The highest BCUT2D eigenvalue weighted by molar-refractivity contribution is 7.80. The van der Waals surface area contributed by atoms with Gasteiger partial charge in [0.25, 0.3) is 5.91 Å². The zero-order valence-corrected chi connectivity index (χ0v) is 15.0. The second-order valence-electron chi connectivity index (χ2n) is 4.90. The molecule has 0 heterocycles. The predicted molar refractivity (Wildman–Crippen MR) is 101 cm³/mol. The summed E-state index contributed by atoms with van der Waals surface area (Å²) in [5.41, 5.74) is 1.19. The van der Waals surface area contributed by atoms with Crippen LogP contribution >= 0.6 is 35.4 Å². The van der Waals surface area contributed by atoms with Crippen molar-refractivity contribution in [3.05, 3.63) is 64.1 Å². The smallest absolute Gasteiger partial charge is 0.264 e. The molecule has 0 atom stereocenters. The van der Waals surface area contributed by atoms with Crippen LogP contribution in [-0.4, -0.2) is 24.2 Å². The Balaban J connectivity index is 1.68. The van der Waals surface area contributed by atoms with Crippen molar-refractivity contribution in [1.82, 2.24) is 10.6 Å². The van der Waals surface area contributed by atoms with E-state index >= 15 is 0 Å². The molecule has 0 fully saturated rings. The lowest BCUT2D eigenvalue weighted by molar-refractivity contribution is -0.121. The summed E-state index contributed by atoms with van der Waals surface area (Å²) < 4.78 is 5.34. The third-order valence-corrected chi connectivity index (χ3v) is 3.82. The van der Waals surface area contributed by atoms with E-state index in [0.717, 1.165) is 6.42 Å². The number of thiocarbonyl (C=S) groups is 1. The summed E-state index contributed by atoms with van der Waals surface area (Å²) >= 11 is 16.8. The lowest BCUT2D eigenvalue weighted by Gasteiger charge is -2.11. The van der Waals surface area contributed by atoms with Gasteiger partial charge in [-0.1, -0.05) is 53.5 Å². The molecular formula is C17H16Cl2N2O2S. The largest absolute Gasteiger partial charge is 0.482 e. The lowest BCUT2D eigenvalue weighted by atomic mass is 10.1. The minimum absolute atomic E-state index is 0.193. The SMILES string of the molecule is O=C(COc1ccc(Cl)cc1Cl)NC(=S)NCCc1ccccc1. The van der Waals surface area contributed by atoms with E-state index in [9.17, 15) is 4.79 Å². The van der Waals surface area contributed by atoms with Gasteiger partial charge in [0.1, 0.15) is 5.75 Å². The molecule has 7 heteroatoms. The number of hydrogen-bond donors (Lipinski definition) is 2. The van der Waals surface area contributed by atoms with Crippen molar-refractivity contribution in [2.45, 2.75) is 6.42 Å². The molecule has 0 aromatic heterocycles. The van der Waals surface area contributed by atoms with E-state index < -0.39 is 0 Å². The zero-order valence-electron chi connectivity index (χ0n) is 12.7. The number of carbonyl (C=O) groups is 1. The second-order valence-corrected chi connectivity index (χ2v) is 6.15. The molecule has 0 unspecified atom stereocenters. The van der Waals surface area contributed by atoms with E-state index in [-0.39, 0.29) is 17.6 Å². The number of benzene rings is 2. The number of hydrogen-bond acceptors (Lipinski definition) is 3. The molecule has 0 aliphatic heterocycles. The Morgan fingerprint density at radius 2 is 1.88 bits per heavy atom. The summed E-state index contributed by atoms with van der Waals surface area (Å²) in [5.74, 6) is 0.0254. The van der Waals surface area contributed by atoms with Crippen LogP contribution in [0.5, 0.6) is 5.75 Å². The molecule has 0 spiro atoms. The normalized spacial score (nSPS) is 10.1. The van der Waals surface area contributed by atoms with Crippen molar-refractivity contribution in [2.24, 2.45) is 0 Å². The molecule has 0 bridgehead atoms. The van der Waals surface area contributed by atoms with E-state index in [0.29, 0.717) is 22.3 Å². The molecule has 0 aliphatic rings. The Hall–Kier alpha value is -1.82. The Bertz CT molecular complexity index is 711. The first-order valence-corrected chi connectivity index (χ1v) is 8.40. The van der Waals surface area contributed by atoms with Crippen LogP contribution in [0.1, 0.15) is 5.56 Å². The molecule has 1 amide bonds. The average Bonchev–Trinajstić information content (AvgIpc) is 2.55. The van der Waals surface area contributed by atoms with Gasteiger partial charge in [-0.15, -0.1) is 0 Å². The molecule has 2 N–H and O–H groups in total. The van der Waals surface area contributed by atoms with E-state index in [1.807, 2.05) is 30.3 Å². The van der Waals surface area contributed by atoms with Gasteiger partial charge in [0.05, 0.1) is 5.02 Å². The number of amides is 1. The van der Waals surface area contributed by atoms with Gasteiger partial charge < -0.3 is 15.4 Å². The summed E-state index contributed by atoms with van der Waals surface area (Å²) in [6.45, 7) is 0.439. The molecule has 2 aromatic rings. The molecule has 2 rings (SSSR count). The first-order chi connectivity index (χ1) is 11.5. The molecule has 2 aromatic carbocycles.